The number of nitriles is 1. The third kappa shape index (κ3) is 2.95. The van der Waals surface area contributed by atoms with Crippen molar-refractivity contribution in [2.24, 2.45) is 0 Å². The molecule has 24 heavy (non-hydrogen) atoms. The molecule has 0 fully saturated rings. The van der Waals surface area contributed by atoms with Crippen molar-refractivity contribution in [1.82, 2.24) is 4.98 Å². The van der Waals surface area contributed by atoms with Gasteiger partial charge in [0, 0.05) is 24.2 Å². The summed E-state index contributed by atoms with van der Waals surface area (Å²) in [4.78, 5) is 4.35. The second-order valence-corrected chi connectivity index (χ2v) is 5.22. The van der Waals surface area contributed by atoms with Crippen molar-refractivity contribution < 1.29 is 9.47 Å². The summed E-state index contributed by atoms with van der Waals surface area (Å²) in [6, 6.07) is 15.9. The van der Waals surface area contributed by atoms with Gasteiger partial charge >= 0.3 is 0 Å². The molecule has 0 atom stereocenters. The van der Waals surface area contributed by atoms with Gasteiger partial charge in [0.05, 0.1) is 31.0 Å². The van der Waals surface area contributed by atoms with Crippen LogP contribution in [-0.2, 0) is 6.54 Å². The molecule has 0 unspecified atom stereocenters. The lowest BCUT2D eigenvalue weighted by molar-refractivity contribution is 0.356. The lowest BCUT2D eigenvalue weighted by Gasteiger charge is -2.14. The molecule has 0 aliphatic rings. The second-order valence-electron chi connectivity index (χ2n) is 5.22. The minimum atomic E-state index is 0.491. The summed E-state index contributed by atoms with van der Waals surface area (Å²) in [5.41, 5.74) is 3.10. The van der Waals surface area contributed by atoms with Crippen LogP contribution in [0.25, 0.3) is 10.9 Å². The van der Waals surface area contributed by atoms with Gasteiger partial charge in [-0.3, -0.25) is 4.98 Å². The van der Waals surface area contributed by atoms with E-state index in [1.807, 2.05) is 42.5 Å². The fourth-order valence-corrected chi connectivity index (χ4v) is 2.58. The number of anilines is 1. The van der Waals surface area contributed by atoms with E-state index in [1.165, 1.54) is 0 Å². The molecular formula is C19H17N3O2. The number of benzene rings is 2. The SMILES string of the molecule is COc1cc2ncc(C#N)c(NCc3ccccc3)c2cc1OC. The quantitative estimate of drug-likeness (QED) is 0.776. The van der Waals surface area contributed by atoms with E-state index in [-0.39, 0.29) is 0 Å². The molecule has 0 saturated heterocycles. The van der Waals surface area contributed by atoms with Crippen LogP contribution in [0.5, 0.6) is 11.5 Å². The Balaban J connectivity index is 2.08. The first-order valence-corrected chi connectivity index (χ1v) is 7.49. The fraction of sp³-hybridized carbons (Fsp3) is 0.158. The van der Waals surface area contributed by atoms with Gasteiger partial charge < -0.3 is 14.8 Å². The van der Waals surface area contributed by atoms with Gasteiger partial charge in [-0.25, -0.2) is 0 Å². The van der Waals surface area contributed by atoms with Gasteiger partial charge in [-0.05, 0) is 11.6 Å². The van der Waals surface area contributed by atoms with Crippen molar-refractivity contribution in [2.45, 2.75) is 6.54 Å². The molecule has 1 aromatic heterocycles. The van der Waals surface area contributed by atoms with Crippen molar-refractivity contribution >= 4 is 16.6 Å². The zero-order valence-electron chi connectivity index (χ0n) is 13.5. The predicted octanol–water partition coefficient (Wildman–Crippen LogP) is 3.74. The standard InChI is InChI=1S/C19H17N3O2/c1-23-17-8-15-16(9-18(17)24-2)21-12-14(10-20)19(15)22-11-13-6-4-3-5-7-13/h3-9,12H,11H2,1-2H3,(H,21,22). The summed E-state index contributed by atoms with van der Waals surface area (Å²) < 4.78 is 10.7. The third-order valence-electron chi connectivity index (χ3n) is 3.81. The number of fused-ring (bicyclic) bond motifs is 1. The Kier molecular flexibility index (Phi) is 4.48. The largest absolute Gasteiger partial charge is 0.493 e. The second kappa shape index (κ2) is 6.88. The molecule has 3 aromatic rings. The van der Waals surface area contributed by atoms with Crippen molar-refractivity contribution in [1.29, 1.82) is 5.26 Å². The van der Waals surface area contributed by atoms with Crippen LogP contribution in [0, 0.1) is 11.3 Å². The molecule has 0 spiro atoms. The van der Waals surface area contributed by atoms with Crippen molar-refractivity contribution in [3.63, 3.8) is 0 Å². The Labute approximate surface area is 140 Å². The maximum atomic E-state index is 9.42. The molecule has 3 rings (SSSR count). The number of ether oxygens (including phenoxy) is 2. The van der Waals surface area contributed by atoms with Gasteiger partial charge in [-0.15, -0.1) is 0 Å². The zero-order chi connectivity index (χ0) is 16.9. The van der Waals surface area contributed by atoms with E-state index < -0.39 is 0 Å². The van der Waals surface area contributed by atoms with Crippen LogP contribution in [0.1, 0.15) is 11.1 Å². The summed E-state index contributed by atoms with van der Waals surface area (Å²) in [6.45, 7) is 0.614. The Morgan fingerprint density at radius 3 is 2.46 bits per heavy atom. The Bertz CT molecular complexity index is 902. The highest BCUT2D eigenvalue weighted by Crippen LogP contribution is 2.35. The van der Waals surface area contributed by atoms with Crippen LogP contribution in [-0.4, -0.2) is 19.2 Å². The van der Waals surface area contributed by atoms with Gasteiger partial charge in [-0.2, -0.15) is 5.26 Å². The molecule has 1 heterocycles. The summed E-state index contributed by atoms with van der Waals surface area (Å²) in [5, 5.41) is 13.6. The van der Waals surface area contributed by atoms with E-state index in [0.29, 0.717) is 23.6 Å². The minimum Gasteiger partial charge on any atom is -0.493 e. The van der Waals surface area contributed by atoms with Gasteiger partial charge in [0.25, 0.3) is 0 Å². The van der Waals surface area contributed by atoms with Gasteiger partial charge in [0.1, 0.15) is 6.07 Å². The lowest BCUT2D eigenvalue weighted by Crippen LogP contribution is -2.03. The highest BCUT2D eigenvalue weighted by atomic mass is 16.5. The summed E-state index contributed by atoms with van der Waals surface area (Å²) in [7, 11) is 3.17. The first-order valence-electron chi connectivity index (χ1n) is 7.49. The first-order chi connectivity index (χ1) is 11.8. The number of pyridine rings is 1. The molecule has 0 aliphatic carbocycles. The molecule has 1 N–H and O–H groups in total. The topological polar surface area (TPSA) is 67.2 Å². The molecular weight excluding hydrogens is 302 g/mol. The molecule has 0 bridgehead atoms. The highest BCUT2D eigenvalue weighted by molar-refractivity contribution is 5.96. The number of aromatic nitrogens is 1. The third-order valence-corrected chi connectivity index (χ3v) is 3.81. The van der Waals surface area contributed by atoms with E-state index in [4.69, 9.17) is 9.47 Å². The molecule has 0 saturated carbocycles. The molecule has 120 valence electrons. The monoisotopic (exact) mass is 319 g/mol. The normalized spacial score (nSPS) is 10.2. The van der Waals surface area contributed by atoms with Crippen LogP contribution < -0.4 is 14.8 Å². The summed E-state index contributed by atoms with van der Waals surface area (Å²) in [5.74, 6) is 1.21. The molecule has 5 heteroatoms. The smallest absolute Gasteiger partial charge is 0.162 e. The lowest BCUT2D eigenvalue weighted by atomic mass is 10.1. The van der Waals surface area contributed by atoms with Crippen molar-refractivity contribution in [3.05, 3.63) is 59.8 Å². The highest BCUT2D eigenvalue weighted by Gasteiger charge is 2.13. The van der Waals surface area contributed by atoms with Gasteiger partial charge in [-0.1, -0.05) is 30.3 Å². The van der Waals surface area contributed by atoms with Gasteiger partial charge in [0.15, 0.2) is 11.5 Å². The number of nitrogens with zero attached hydrogens (tertiary/aromatic N) is 2. The van der Waals surface area contributed by atoms with Crippen LogP contribution >= 0.6 is 0 Å². The molecule has 0 aliphatic heterocycles. The van der Waals surface area contributed by atoms with Crippen molar-refractivity contribution in [2.75, 3.05) is 19.5 Å². The van der Waals surface area contributed by atoms with Crippen LogP contribution in [0.3, 0.4) is 0 Å². The van der Waals surface area contributed by atoms with E-state index in [2.05, 4.69) is 16.4 Å². The van der Waals surface area contributed by atoms with Gasteiger partial charge in [0.2, 0.25) is 0 Å². The Morgan fingerprint density at radius 2 is 1.79 bits per heavy atom. The Morgan fingerprint density at radius 1 is 1.08 bits per heavy atom. The number of hydrogen-bond acceptors (Lipinski definition) is 5. The first kappa shape index (κ1) is 15.6. The van der Waals surface area contributed by atoms with Crippen LogP contribution in [0.2, 0.25) is 0 Å². The average Bonchev–Trinajstić information content (AvgIpc) is 2.65. The van der Waals surface area contributed by atoms with Crippen LogP contribution in [0.4, 0.5) is 5.69 Å². The van der Waals surface area contributed by atoms with E-state index in [0.717, 1.165) is 22.2 Å². The summed E-state index contributed by atoms with van der Waals surface area (Å²) in [6.07, 6.45) is 1.57. The van der Waals surface area contributed by atoms with E-state index in [9.17, 15) is 5.26 Å². The molecule has 0 radical (unpaired) electrons. The number of nitrogens with one attached hydrogen (secondary N) is 1. The number of methoxy groups -OCH3 is 2. The number of rotatable bonds is 5. The number of hydrogen-bond donors (Lipinski definition) is 1. The molecule has 2 aromatic carbocycles. The molecule has 5 nitrogen and oxygen atoms in total. The maximum Gasteiger partial charge on any atom is 0.162 e. The van der Waals surface area contributed by atoms with E-state index >= 15 is 0 Å². The molecule has 0 amide bonds. The predicted molar refractivity (Wildman–Crippen MR) is 93.3 cm³/mol. The fourth-order valence-electron chi connectivity index (χ4n) is 2.58. The van der Waals surface area contributed by atoms with Crippen LogP contribution in [0.15, 0.2) is 48.7 Å². The zero-order valence-corrected chi connectivity index (χ0v) is 13.5. The summed E-state index contributed by atoms with van der Waals surface area (Å²) >= 11 is 0. The Hall–Kier alpha value is -3.26. The van der Waals surface area contributed by atoms with E-state index in [1.54, 1.807) is 20.4 Å². The maximum absolute atomic E-state index is 9.42. The average molecular weight is 319 g/mol. The van der Waals surface area contributed by atoms with Crippen molar-refractivity contribution in [3.8, 4) is 17.6 Å². The minimum absolute atomic E-state index is 0.491.